The molecule has 0 aromatic rings. The molecular weight excluding hydrogens is 278 g/mol. The lowest BCUT2D eigenvalue weighted by atomic mass is 10.1. The van der Waals surface area contributed by atoms with Crippen LogP contribution in [0.15, 0.2) is 11.4 Å². The lowest BCUT2D eigenvalue weighted by Crippen LogP contribution is -2.39. The van der Waals surface area contributed by atoms with Crippen molar-refractivity contribution in [2.75, 3.05) is 0 Å². The number of allylic oxidation sites excluding steroid dienone is 2. The van der Waals surface area contributed by atoms with Gasteiger partial charge in [-0.15, -0.1) is 0 Å². The first-order valence-electron chi connectivity index (χ1n) is 3.34. The molecule has 0 fully saturated rings. The molecule has 0 atom stereocenters. The minimum atomic E-state index is -6.73. The molecule has 0 bridgehead atoms. The summed E-state index contributed by atoms with van der Waals surface area (Å²) in [5, 5.41) is 0. The number of alkyl halides is 8. The maximum absolute atomic E-state index is 12.3. The van der Waals surface area contributed by atoms with Crippen LogP contribution in [0.1, 0.15) is 0 Å². The molecule has 0 saturated carbocycles. The smallest absolute Gasteiger partial charge is 0.255 e. The molecule has 1 nitrogen and oxygen atoms in total. The molecule has 0 aliphatic carbocycles. The zero-order chi connectivity index (χ0) is 14.2. The Morgan fingerprint density at radius 1 is 0.765 bits per heavy atom. The second kappa shape index (κ2) is 4.18. The molecule has 100 valence electrons. The van der Waals surface area contributed by atoms with Gasteiger partial charge in [-0.1, -0.05) is 0 Å². The minimum absolute atomic E-state index is 3.78. The van der Waals surface area contributed by atoms with E-state index in [1.54, 1.807) is 0 Å². The van der Waals surface area contributed by atoms with Crippen LogP contribution >= 0.6 is 0 Å². The molecule has 0 heterocycles. The van der Waals surface area contributed by atoms with E-state index in [4.69, 9.17) is 0 Å². The number of halogens is 10. The third-order valence-electron chi connectivity index (χ3n) is 1.33. The Hall–Kier alpha value is -1.29. The van der Waals surface area contributed by atoms with Crippen LogP contribution in [-0.2, 0) is 4.79 Å². The van der Waals surface area contributed by atoms with Crippen molar-refractivity contribution >= 4 is 6.04 Å². The van der Waals surface area contributed by atoms with Gasteiger partial charge in [0.25, 0.3) is 0 Å². The molecule has 0 aliphatic rings. The van der Waals surface area contributed by atoms with Gasteiger partial charge >= 0.3 is 24.3 Å². The van der Waals surface area contributed by atoms with Gasteiger partial charge in [-0.3, -0.25) is 4.79 Å². The maximum atomic E-state index is 12.3. The maximum Gasteiger partial charge on any atom is 0.460 e. The van der Waals surface area contributed by atoms with Crippen molar-refractivity contribution < 1.29 is 48.7 Å². The predicted octanol–water partition coefficient (Wildman–Crippen LogP) is 3.47. The van der Waals surface area contributed by atoms with Gasteiger partial charge in [0.15, 0.2) is 11.4 Å². The number of rotatable bonds is 2. The predicted molar refractivity (Wildman–Crippen MR) is 31.3 cm³/mol. The fraction of sp³-hybridized carbons (Fsp3) is 0.500. The van der Waals surface area contributed by atoms with E-state index >= 15 is 0 Å². The van der Waals surface area contributed by atoms with Gasteiger partial charge in [0.1, 0.15) is 0 Å². The lowest BCUT2D eigenvalue weighted by molar-refractivity contribution is -0.272. The summed E-state index contributed by atoms with van der Waals surface area (Å²) in [6.07, 6.45) is -13.0. The SMILES string of the molecule is O=C(F)C(=C(F)C(F)(F)C(F)(F)F)C(F)(F)F. The van der Waals surface area contributed by atoms with Gasteiger partial charge in [0.2, 0.25) is 0 Å². The first-order chi connectivity index (χ1) is 7.23. The Morgan fingerprint density at radius 2 is 1.12 bits per heavy atom. The van der Waals surface area contributed by atoms with E-state index in [1.165, 1.54) is 0 Å². The molecule has 11 heteroatoms. The summed E-state index contributed by atoms with van der Waals surface area (Å²) in [7, 11) is 0. The first kappa shape index (κ1) is 15.7. The highest BCUT2D eigenvalue weighted by atomic mass is 19.4. The molecule has 0 radical (unpaired) electrons. The van der Waals surface area contributed by atoms with Crippen molar-refractivity contribution in [1.82, 2.24) is 0 Å². The minimum Gasteiger partial charge on any atom is -0.255 e. The Morgan fingerprint density at radius 3 is 1.29 bits per heavy atom. The van der Waals surface area contributed by atoms with Crippen molar-refractivity contribution in [3.8, 4) is 0 Å². The van der Waals surface area contributed by atoms with Crippen LogP contribution in [0, 0.1) is 0 Å². The summed E-state index contributed by atoms with van der Waals surface area (Å²) in [5.41, 5.74) is -3.82. The van der Waals surface area contributed by atoms with E-state index in [0.717, 1.165) is 0 Å². The van der Waals surface area contributed by atoms with E-state index in [0.29, 0.717) is 0 Å². The molecule has 0 N–H and O–H groups in total. The van der Waals surface area contributed by atoms with E-state index in [-0.39, 0.29) is 0 Å². The molecule has 0 amide bonds. The highest BCUT2D eigenvalue weighted by Gasteiger charge is 2.64. The summed E-state index contributed by atoms with van der Waals surface area (Å²) < 4.78 is 118. The number of hydrogen-bond donors (Lipinski definition) is 0. The molecule has 0 saturated heterocycles. The molecule has 0 aromatic carbocycles. The van der Waals surface area contributed by atoms with Gasteiger partial charge in [-0.25, -0.2) is 4.39 Å². The average Bonchev–Trinajstić information content (AvgIpc) is 1.97. The van der Waals surface area contributed by atoms with Crippen LogP contribution in [-0.4, -0.2) is 24.3 Å². The van der Waals surface area contributed by atoms with E-state index in [9.17, 15) is 48.7 Å². The summed E-state index contributed by atoms with van der Waals surface area (Å²) in [4.78, 5) is 9.62. The topological polar surface area (TPSA) is 17.1 Å². The van der Waals surface area contributed by atoms with E-state index in [2.05, 4.69) is 0 Å². The standard InChI is InChI=1S/C6F10O/c7-2(4(9,10)6(14,15)16)1(3(8)17)5(11,12)13. The molecular formula is C6F10O. The molecule has 0 rings (SSSR count). The number of carbonyl (C=O) groups is 1. The van der Waals surface area contributed by atoms with Gasteiger partial charge in [0.05, 0.1) is 0 Å². The Balaban J connectivity index is 5.94. The number of carbonyl (C=O) groups excluding carboxylic acids is 1. The van der Waals surface area contributed by atoms with Gasteiger partial charge in [-0.2, -0.15) is 39.5 Å². The second-order valence-corrected chi connectivity index (χ2v) is 2.53. The summed E-state index contributed by atoms with van der Waals surface area (Å²) in [5.74, 6) is -10.8. The lowest BCUT2D eigenvalue weighted by Gasteiger charge is -2.19. The van der Waals surface area contributed by atoms with Gasteiger partial charge in [0, 0.05) is 0 Å². The largest absolute Gasteiger partial charge is 0.460 e. The molecule has 0 aliphatic heterocycles. The van der Waals surface area contributed by atoms with E-state index in [1.807, 2.05) is 0 Å². The van der Waals surface area contributed by atoms with Crippen LogP contribution in [0.3, 0.4) is 0 Å². The Labute approximate surface area is 85.7 Å². The summed E-state index contributed by atoms with van der Waals surface area (Å²) in [6.45, 7) is 0. The van der Waals surface area contributed by atoms with Crippen molar-refractivity contribution in [2.45, 2.75) is 18.3 Å². The van der Waals surface area contributed by atoms with Crippen LogP contribution in [0.25, 0.3) is 0 Å². The average molecular weight is 278 g/mol. The van der Waals surface area contributed by atoms with Crippen molar-refractivity contribution in [2.24, 2.45) is 0 Å². The third kappa shape index (κ3) is 3.09. The Kier molecular flexibility index (Phi) is 3.87. The zero-order valence-corrected chi connectivity index (χ0v) is 7.19. The van der Waals surface area contributed by atoms with Gasteiger partial charge in [-0.05, 0) is 0 Å². The molecule has 0 aromatic heterocycles. The van der Waals surface area contributed by atoms with Crippen LogP contribution in [0.4, 0.5) is 43.9 Å². The quantitative estimate of drug-likeness (QED) is 0.429. The van der Waals surface area contributed by atoms with Crippen molar-refractivity contribution in [1.29, 1.82) is 0 Å². The highest BCUT2D eigenvalue weighted by molar-refractivity contribution is 5.89. The summed E-state index contributed by atoms with van der Waals surface area (Å²) in [6, 6.07) is -3.78. The molecule has 0 unspecified atom stereocenters. The van der Waals surface area contributed by atoms with Gasteiger partial charge < -0.3 is 0 Å². The third-order valence-corrected chi connectivity index (χ3v) is 1.33. The fourth-order valence-electron chi connectivity index (χ4n) is 0.604. The monoisotopic (exact) mass is 278 g/mol. The first-order valence-corrected chi connectivity index (χ1v) is 3.34. The van der Waals surface area contributed by atoms with E-state index < -0.39 is 35.7 Å². The zero-order valence-electron chi connectivity index (χ0n) is 7.19. The molecule has 17 heavy (non-hydrogen) atoms. The summed E-state index contributed by atoms with van der Waals surface area (Å²) >= 11 is 0. The van der Waals surface area contributed by atoms with Crippen molar-refractivity contribution in [3.05, 3.63) is 11.4 Å². The second-order valence-electron chi connectivity index (χ2n) is 2.53. The van der Waals surface area contributed by atoms with Crippen LogP contribution < -0.4 is 0 Å². The van der Waals surface area contributed by atoms with Crippen LogP contribution in [0.2, 0.25) is 0 Å². The van der Waals surface area contributed by atoms with Crippen LogP contribution in [0.5, 0.6) is 0 Å². The fourth-order valence-corrected chi connectivity index (χ4v) is 0.604. The Bertz CT molecular complexity index is 345. The van der Waals surface area contributed by atoms with Crippen molar-refractivity contribution in [3.63, 3.8) is 0 Å². The molecule has 0 spiro atoms. The normalized spacial score (nSPS) is 15.6. The highest BCUT2D eigenvalue weighted by Crippen LogP contribution is 2.45. The number of hydrogen-bond acceptors (Lipinski definition) is 1.